The van der Waals surface area contributed by atoms with Gasteiger partial charge in [-0.15, -0.1) is 0 Å². The third kappa shape index (κ3) is 4.69. The van der Waals surface area contributed by atoms with E-state index in [4.69, 9.17) is 0 Å². The van der Waals surface area contributed by atoms with Crippen molar-refractivity contribution in [2.75, 3.05) is 5.32 Å². The van der Waals surface area contributed by atoms with Gasteiger partial charge >= 0.3 is 0 Å². The van der Waals surface area contributed by atoms with E-state index in [1.807, 2.05) is 0 Å². The monoisotopic (exact) mass is 499 g/mol. The fraction of sp³-hybridized carbons (Fsp3) is 0.0370. The van der Waals surface area contributed by atoms with E-state index in [1.165, 1.54) is 36.0 Å². The zero-order valence-corrected chi connectivity index (χ0v) is 19.5. The molecule has 0 aliphatic heterocycles. The Morgan fingerprint density at radius 3 is 2.11 bits per heavy atom. The fourth-order valence-electron chi connectivity index (χ4n) is 4.05. The summed E-state index contributed by atoms with van der Waals surface area (Å²) in [5.74, 6) is -0.791. The Morgan fingerprint density at radius 1 is 0.889 bits per heavy atom. The molecule has 178 valence electrons. The zero-order chi connectivity index (χ0) is 25.2. The molecule has 0 saturated carbocycles. The van der Waals surface area contributed by atoms with Gasteiger partial charge in [0.1, 0.15) is 12.4 Å². The molecule has 36 heavy (non-hydrogen) atoms. The second-order valence-electron chi connectivity index (χ2n) is 8.03. The molecule has 0 unspecified atom stereocenters. The summed E-state index contributed by atoms with van der Waals surface area (Å²) in [5.41, 5.74) is 1.19. The number of rotatable bonds is 6. The number of benzene rings is 4. The van der Waals surface area contributed by atoms with Gasteiger partial charge in [0.05, 0.1) is 16.0 Å². The van der Waals surface area contributed by atoms with Gasteiger partial charge in [0.25, 0.3) is 5.69 Å². The summed E-state index contributed by atoms with van der Waals surface area (Å²) in [7, 11) is 0. The van der Waals surface area contributed by atoms with Crippen molar-refractivity contribution in [1.82, 2.24) is 4.57 Å². The molecule has 4 aromatic carbocycles. The average Bonchev–Trinajstić information content (AvgIpc) is 2.88. The highest BCUT2D eigenvalue weighted by Gasteiger charge is 2.16. The Kier molecular flexibility index (Phi) is 6.22. The van der Waals surface area contributed by atoms with Gasteiger partial charge in [-0.05, 0) is 54.6 Å². The minimum absolute atomic E-state index is 0.107. The molecule has 0 bridgehead atoms. The van der Waals surface area contributed by atoms with Crippen LogP contribution < -0.4 is 10.7 Å². The van der Waals surface area contributed by atoms with E-state index >= 15 is 0 Å². The Hall–Kier alpha value is -4.50. The third-order valence-electron chi connectivity index (χ3n) is 5.62. The quantitative estimate of drug-likeness (QED) is 0.176. The van der Waals surface area contributed by atoms with Gasteiger partial charge in [0, 0.05) is 38.4 Å². The lowest BCUT2D eigenvalue weighted by Crippen LogP contribution is -2.21. The van der Waals surface area contributed by atoms with E-state index in [-0.39, 0.29) is 29.2 Å². The number of anilines is 1. The van der Waals surface area contributed by atoms with Crippen molar-refractivity contribution in [3.63, 3.8) is 0 Å². The maximum Gasteiger partial charge on any atom is 0.272 e. The standard InChI is InChI=1S/C27H18FN3O4S/c28-17-9-11-20(12-10-17)36-21-14-18(13-19(15-21)31(34)35)29-26(32)16-30-24-7-3-1-5-22(24)27(33)23-6-2-4-8-25(23)30/h1-15H,16H2,(H,29,32). The van der Waals surface area contributed by atoms with Gasteiger partial charge < -0.3 is 9.88 Å². The predicted octanol–water partition coefficient (Wildman–Crippen LogP) is 5.99. The normalized spacial score (nSPS) is 11.0. The van der Waals surface area contributed by atoms with Crippen LogP contribution in [0.15, 0.2) is 106 Å². The average molecular weight is 500 g/mol. The Labute approximate surface area is 208 Å². The molecule has 0 spiro atoms. The molecule has 0 radical (unpaired) electrons. The molecule has 0 aliphatic carbocycles. The van der Waals surface area contributed by atoms with Crippen LogP contribution >= 0.6 is 11.8 Å². The van der Waals surface area contributed by atoms with Crippen LogP contribution in [-0.2, 0) is 11.3 Å². The van der Waals surface area contributed by atoms with Crippen LogP contribution in [0.5, 0.6) is 0 Å². The number of nitro groups is 1. The SMILES string of the molecule is O=C(Cn1c2ccccc2c(=O)c2ccccc21)Nc1cc(Sc2ccc(F)cc2)cc([N+](=O)[O-])c1. The smallest absolute Gasteiger partial charge is 0.272 e. The van der Waals surface area contributed by atoms with Crippen molar-refractivity contribution in [2.24, 2.45) is 0 Å². The molecule has 1 amide bonds. The molecule has 0 saturated heterocycles. The molecule has 9 heteroatoms. The van der Waals surface area contributed by atoms with E-state index < -0.39 is 10.8 Å². The number of carbonyl (C=O) groups is 1. The van der Waals surface area contributed by atoms with Crippen LogP contribution in [0.2, 0.25) is 0 Å². The summed E-state index contributed by atoms with van der Waals surface area (Å²) < 4.78 is 15.0. The first-order valence-corrected chi connectivity index (χ1v) is 11.7. The second-order valence-corrected chi connectivity index (χ2v) is 9.17. The van der Waals surface area contributed by atoms with Gasteiger partial charge in [-0.1, -0.05) is 36.0 Å². The van der Waals surface area contributed by atoms with Crippen LogP contribution in [0.4, 0.5) is 15.8 Å². The van der Waals surface area contributed by atoms with Gasteiger partial charge in [-0.3, -0.25) is 19.7 Å². The number of aromatic nitrogens is 1. The number of hydrogen-bond donors (Lipinski definition) is 1. The number of para-hydroxylation sites is 2. The minimum Gasteiger partial charge on any atom is -0.331 e. The van der Waals surface area contributed by atoms with Crippen molar-refractivity contribution >= 4 is 50.8 Å². The number of nitro benzene ring substituents is 1. The molecular formula is C27H18FN3O4S. The minimum atomic E-state index is -0.535. The lowest BCUT2D eigenvalue weighted by atomic mass is 10.1. The topological polar surface area (TPSA) is 94.2 Å². The van der Waals surface area contributed by atoms with Crippen molar-refractivity contribution < 1.29 is 14.1 Å². The Balaban J connectivity index is 1.48. The van der Waals surface area contributed by atoms with Crippen LogP contribution in [0, 0.1) is 15.9 Å². The molecule has 1 heterocycles. The first kappa shape index (κ1) is 23.3. The molecule has 1 N–H and O–H groups in total. The summed E-state index contributed by atoms with van der Waals surface area (Å²) in [4.78, 5) is 38.2. The molecule has 0 aliphatic rings. The number of nitrogens with zero attached hydrogens (tertiary/aromatic N) is 2. The van der Waals surface area contributed by atoms with E-state index in [9.17, 15) is 24.1 Å². The Morgan fingerprint density at radius 2 is 1.50 bits per heavy atom. The first-order chi connectivity index (χ1) is 17.4. The molecule has 5 aromatic rings. The maximum atomic E-state index is 13.2. The highest BCUT2D eigenvalue weighted by atomic mass is 32.2. The molecular weight excluding hydrogens is 481 g/mol. The number of pyridine rings is 1. The summed E-state index contributed by atoms with van der Waals surface area (Å²) in [5, 5.41) is 15.2. The zero-order valence-electron chi connectivity index (χ0n) is 18.7. The van der Waals surface area contributed by atoms with E-state index in [0.717, 1.165) is 0 Å². The van der Waals surface area contributed by atoms with Gasteiger partial charge in [0.15, 0.2) is 5.43 Å². The molecule has 0 atom stereocenters. The van der Waals surface area contributed by atoms with Crippen molar-refractivity contribution in [3.05, 3.63) is 117 Å². The summed E-state index contributed by atoms with van der Waals surface area (Å²) in [6, 6.07) is 24.2. The molecule has 0 fully saturated rings. The van der Waals surface area contributed by atoms with Gasteiger partial charge in [-0.2, -0.15) is 0 Å². The highest BCUT2D eigenvalue weighted by molar-refractivity contribution is 7.99. The molecule has 7 nitrogen and oxygen atoms in total. The lowest BCUT2D eigenvalue weighted by Gasteiger charge is -2.15. The largest absolute Gasteiger partial charge is 0.331 e. The highest BCUT2D eigenvalue weighted by Crippen LogP contribution is 2.33. The Bertz CT molecular complexity index is 1640. The fourth-order valence-corrected chi connectivity index (χ4v) is 4.96. The van der Waals surface area contributed by atoms with Gasteiger partial charge in [0.2, 0.25) is 5.91 Å². The number of hydrogen-bond acceptors (Lipinski definition) is 5. The van der Waals surface area contributed by atoms with Crippen molar-refractivity contribution in [3.8, 4) is 0 Å². The van der Waals surface area contributed by atoms with E-state index in [2.05, 4.69) is 5.32 Å². The summed E-state index contributed by atoms with van der Waals surface area (Å²) in [6.07, 6.45) is 0. The first-order valence-electron chi connectivity index (χ1n) is 10.9. The van der Waals surface area contributed by atoms with Crippen LogP contribution in [-0.4, -0.2) is 15.4 Å². The number of non-ortho nitro benzene ring substituents is 1. The molecule has 5 rings (SSSR count). The van der Waals surface area contributed by atoms with Gasteiger partial charge in [-0.25, -0.2) is 4.39 Å². The number of carbonyl (C=O) groups excluding carboxylic acids is 1. The second kappa shape index (κ2) is 9.63. The number of amides is 1. The molecule has 1 aromatic heterocycles. The van der Waals surface area contributed by atoms with Crippen molar-refractivity contribution in [2.45, 2.75) is 16.3 Å². The number of fused-ring (bicyclic) bond motifs is 2. The predicted molar refractivity (Wildman–Crippen MR) is 138 cm³/mol. The van der Waals surface area contributed by atoms with Crippen LogP contribution in [0.3, 0.4) is 0 Å². The maximum absolute atomic E-state index is 13.2. The summed E-state index contributed by atoms with van der Waals surface area (Å²) >= 11 is 1.22. The van der Waals surface area contributed by atoms with E-state index in [1.54, 1.807) is 71.3 Å². The van der Waals surface area contributed by atoms with E-state index in [0.29, 0.717) is 31.6 Å². The van der Waals surface area contributed by atoms with Crippen molar-refractivity contribution in [1.29, 1.82) is 0 Å². The number of halogens is 1. The van der Waals surface area contributed by atoms with Crippen LogP contribution in [0.25, 0.3) is 21.8 Å². The number of nitrogens with one attached hydrogen (secondary N) is 1. The third-order valence-corrected chi connectivity index (χ3v) is 6.60. The lowest BCUT2D eigenvalue weighted by molar-refractivity contribution is -0.385. The summed E-state index contributed by atoms with van der Waals surface area (Å²) in [6.45, 7) is -0.107. The van der Waals surface area contributed by atoms with Crippen LogP contribution in [0.1, 0.15) is 0 Å².